The minimum atomic E-state index is 0.571. The van der Waals surface area contributed by atoms with Crippen LogP contribution in [0.4, 0.5) is 0 Å². The van der Waals surface area contributed by atoms with Gasteiger partial charge in [-0.25, -0.2) is 0 Å². The van der Waals surface area contributed by atoms with Crippen LogP contribution >= 0.6 is 0 Å². The van der Waals surface area contributed by atoms with E-state index in [1.165, 1.54) is 16.7 Å². The Hall–Kier alpha value is -0.900. The summed E-state index contributed by atoms with van der Waals surface area (Å²) in [6.45, 7) is 6.11. The van der Waals surface area contributed by atoms with Gasteiger partial charge in [0.1, 0.15) is 0 Å². The number of ether oxygens (including phenoxy) is 1. The van der Waals surface area contributed by atoms with E-state index in [9.17, 15) is 0 Å². The third kappa shape index (κ3) is 4.93. The molecule has 0 heterocycles. The van der Waals surface area contributed by atoms with Gasteiger partial charge in [0.2, 0.25) is 0 Å². The second kappa shape index (κ2) is 6.56. The molecule has 0 radical (unpaired) electrons. The molecule has 0 aliphatic heterocycles. The lowest BCUT2D eigenvalue weighted by molar-refractivity contribution is 0.00345. The maximum Gasteiger partial charge on any atom is 0.0916 e. The minimum Gasteiger partial charge on any atom is -0.382 e. The van der Waals surface area contributed by atoms with Crippen molar-refractivity contribution in [2.24, 2.45) is 0 Å². The summed E-state index contributed by atoms with van der Waals surface area (Å²) in [4.78, 5) is 5.18. The molecule has 3 nitrogen and oxygen atoms in total. The van der Waals surface area contributed by atoms with Gasteiger partial charge in [0.05, 0.1) is 13.2 Å². The molecule has 0 spiro atoms. The second-order valence-corrected chi connectivity index (χ2v) is 3.66. The molecule has 0 saturated heterocycles. The number of aryl methyl sites for hydroxylation is 2. The van der Waals surface area contributed by atoms with E-state index in [0.717, 1.165) is 6.54 Å². The molecule has 0 amide bonds. The van der Waals surface area contributed by atoms with Crippen molar-refractivity contribution in [3.8, 4) is 0 Å². The van der Waals surface area contributed by atoms with Gasteiger partial charge in [-0.15, -0.1) is 0 Å². The lowest BCUT2D eigenvalue weighted by Gasteiger charge is -2.07. The van der Waals surface area contributed by atoms with Crippen molar-refractivity contribution < 1.29 is 9.57 Å². The first kappa shape index (κ1) is 12.2. The molecule has 1 N–H and O–H groups in total. The second-order valence-electron chi connectivity index (χ2n) is 3.66. The quantitative estimate of drug-likeness (QED) is 0.574. The Labute approximate surface area is 91.4 Å². The number of hydrogen-bond acceptors (Lipinski definition) is 3. The number of nitrogens with one attached hydrogen (secondary N) is 1. The van der Waals surface area contributed by atoms with E-state index in [-0.39, 0.29) is 0 Å². The van der Waals surface area contributed by atoms with Gasteiger partial charge in [0.25, 0.3) is 0 Å². The summed E-state index contributed by atoms with van der Waals surface area (Å²) >= 11 is 0. The average Bonchev–Trinajstić information content (AvgIpc) is 2.16. The molecule has 84 valence electrons. The Balaban J connectivity index is 2.31. The summed E-state index contributed by atoms with van der Waals surface area (Å²) in [5, 5.41) is 0. The van der Waals surface area contributed by atoms with E-state index in [0.29, 0.717) is 13.2 Å². The topological polar surface area (TPSA) is 30.5 Å². The Bertz CT molecular complexity index is 279. The van der Waals surface area contributed by atoms with Crippen molar-refractivity contribution >= 4 is 0 Å². The molecule has 0 fully saturated rings. The van der Waals surface area contributed by atoms with Crippen LogP contribution in [0.3, 0.4) is 0 Å². The summed E-state index contributed by atoms with van der Waals surface area (Å²) in [7, 11) is 1.66. The van der Waals surface area contributed by atoms with Crippen molar-refractivity contribution in [1.82, 2.24) is 5.48 Å². The van der Waals surface area contributed by atoms with Crippen LogP contribution in [-0.4, -0.2) is 20.3 Å². The van der Waals surface area contributed by atoms with Crippen molar-refractivity contribution in [2.75, 3.05) is 20.3 Å². The van der Waals surface area contributed by atoms with Gasteiger partial charge in [0.15, 0.2) is 0 Å². The molecule has 0 unspecified atom stereocenters. The maximum absolute atomic E-state index is 5.18. The fraction of sp³-hybridized carbons (Fsp3) is 0.500. The van der Waals surface area contributed by atoms with E-state index < -0.39 is 0 Å². The zero-order valence-electron chi connectivity index (χ0n) is 9.67. The van der Waals surface area contributed by atoms with Gasteiger partial charge in [-0.1, -0.05) is 29.3 Å². The van der Waals surface area contributed by atoms with Crippen molar-refractivity contribution in [3.63, 3.8) is 0 Å². The molecule has 0 atom stereocenters. The highest BCUT2D eigenvalue weighted by molar-refractivity contribution is 5.28. The fourth-order valence-electron chi connectivity index (χ4n) is 1.50. The standard InChI is InChI=1S/C12H19NO2/c1-10-6-11(2)8-12(7-10)9-13-15-5-4-14-3/h6-8,13H,4-5,9H2,1-3H3. The van der Waals surface area contributed by atoms with Crippen LogP contribution in [0.25, 0.3) is 0 Å². The van der Waals surface area contributed by atoms with E-state index in [4.69, 9.17) is 9.57 Å². The SMILES string of the molecule is COCCONCc1cc(C)cc(C)c1. The molecule has 15 heavy (non-hydrogen) atoms. The first-order valence-corrected chi connectivity index (χ1v) is 5.13. The van der Waals surface area contributed by atoms with Crippen LogP contribution < -0.4 is 5.48 Å². The molecule has 1 aromatic rings. The van der Waals surface area contributed by atoms with Gasteiger partial charge in [-0.2, -0.15) is 5.48 Å². The first-order chi connectivity index (χ1) is 7.22. The van der Waals surface area contributed by atoms with Crippen LogP contribution in [0.5, 0.6) is 0 Å². The van der Waals surface area contributed by atoms with Crippen LogP contribution in [0, 0.1) is 13.8 Å². The van der Waals surface area contributed by atoms with Crippen molar-refractivity contribution in [3.05, 3.63) is 34.9 Å². The summed E-state index contributed by atoms with van der Waals surface area (Å²) in [5.41, 5.74) is 6.71. The summed E-state index contributed by atoms with van der Waals surface area (Å²) in [6, 6.07) is 6.47. The van der Waals surface area contributed by atoms with E-state index in [1.54, 1.807) is 7.11 Å². The van der Waals surface area contributed by atoms with Gasteiger partial charge >= 0.3 is 0 Å². The summed E-state index contributed by atoms with van der Waals surface area (Å²) in [5.74, 6) is 0. The van der Waals surface area contributed by atoms with Crippen molar-refractivity contribution in [2.45, 2.75) is 20.4 Å². The van der Waals surface area contributed by atoms with Gasteiger partial charge in [-0.05, 0) is 19.4 Å². The maximum atomic E-state index is 5.18. The number of methoxy groups -OCH3 is 1. The molecule has 1 aromatic carbocycles. The number of hydrogen-bond donors (Lipinski definition) is 1. The number of rotatable bonds is 6. The van der Waals surface area contributed by atoms with Crippen LogP contribution in [-0.2, 0) is 16.1 Å². The van der Waals surface area contributed by atoms with Gasteiger partial charge in [0, 0.05) is 13.7 Å². The van der Waals surface area contributed by atoms with Crippen LogP contribution in [0.15, 0.2) is 18.2 Å². The van der Waals surface area contributed by atoms with E-state index in [2.05, 4.69) is 37.5 Å². The van der Waals surface area contributed by atoms with E-state index >= 15 is 0 Å². The van der Waals surface area contributed by atoms with Gasteiger partial charge < -0.3 is 4.74 Å². The predicted molar refractivity (Wildman–Crippen MR) is 60.6 cm³/mol. The molecule has 3 heteroatoms. The molecule has 0 bridgehead atoms. The lowest BCUT2D eigenvalue weighted by atomic mass is 10.1. The average molecular weight is 209 g/mol. The molecule has 0 saturated carbocycles. The molecule has 1 rings (SSSR count). The van der Waals surface area contributed by atoms with Gasteiger partial charge in [-0.3, -0.25) is 4.84 Å². The minimum absolute atomic E-state index is 0.571. The Morgan fingerprint density at radius 1 is 1.07 bits per heavy atom. The smallest absolute Gasteiger partial charge is 0.0916 e. The van der Waals surface area contributed by atoms with Crippen LogP contribution in [0.2, 0.25) is 0 Å². The summed E-state index contributed by atoms with van der Waals surface area (Å²) < 4.78 is 4.87. The van der Waals surface area contributed by atoms with Crippen LogP contribution in [0.1, 0.15) is 16.7 Å². The molecular formula is C12H19NO2. The van der Waals surface area contributed by atoms with Crippen molar-refractivity contribution in [1.29, 1.82) is 0 Å². The number of benzene rings is 1. The normalized spacial score (nSPS) is 10.6. The monoisotopic (exact) mass is 209 g/mol. The summed E-state index contributed by atoms with van der Waals surface area (Å²) in [6.07, 6.45) is 0. The lowest BCUT2D eigenvalue weighted by Crippen LogP contribution is -2.17. The molecule has 0 aliphatic rings. The van der Waals surface area contributed by atoms with E-state index in [1.807, 2.05) is 0 Å². The molecule has 0 aromatic heterocycles. The highest BCUT2D eigenvalue weighted by Crippen LogP contribution is 2.08. The third-order valence-corrected chi connectivity index (χ3v) is 2.05. The molecule has 0 aliphatic carbocycles. The first-order valence-electron chi connectivity index (χ1n) is 5.13. The predicted octanol–water partition coefficient (Wildman–Crippen LogP) is 1.97. The Kier molecular flexibility index (Phi) is 5.32. The Morgan fingerprint density at radius 3 is 2.33 bits per heavy atom. The highest BCUT2D eigenvalue weighted by atomic mass is 16.7. The third-order valence-electron chi connectivity index (χ3n) is 2.05. The zero-order chi connectivity index (χ0) is 11.1. The Morgan fingerprint density at radius 2 is 1.73 bits per heavy atom. The highest BCUT2D eigenvalue weighted by Gasteiger charge is 1.95. The largest absolute Gasteiger partial charge is 0.382 e. The zero-order valence-corrected chi connectivity index (χ0v) is 9.67. The molecular weight excluding hydrogens is 190 g/mol. The number of hydroxylamine groups is 1. The fourth-order valence-corrected chi connectivity index (χ4v) is 1.50.